The van der Waals surface area contributed by atoms with E-state index in [-0.39, 0.29) is 259 Å². The Bertz CT molecular complexity index is 1170. The van der Waals surface area contributed by atoms with E-state index in [1.165, 1.54) is 111 Å². The van der Waals surface area contributed by atoms with Gasteiger partial charge in [-0.3, -0.25) is 0 Å². The molecule has 0 aliphatic rings. The molecule has 0 atom stereocenters. The maximum absolute atomic E-state index is 2.20. The number of rotatable bonds is 0. The summed E-state index contributed by atoms with van der Waals surface area (Å²) in [6.45, 7) is 44.0. The zero-order valence-electron chi connectivity index (χ0n) is 46.9. The molecular formula is C52H84RuZn10-9. The van der Waals surface area contributed by atoms with Crippen molar-refractivity contribution in [3.05, 3.63) is 192 Å². The van der Waals surface area contributed by atoms with Gasteiger partial charge in [-0.25, -0.2) is 0 Å². The summed E-state index contributed by atoms with van der Waals surface area (Å²) in [5.74, 6) is 0. The van der Waals surface area contributed by atoms with E-state index in [9.17, 15) is 0 Å². The molecule has 0 aromatic heterocycles. The molecule has 0 aliphatic carbocycles. The molecule has 329 valence electrons. The Morgan fingerprint density at radius 3 is 0.302 bits per heavy atom. The summed E-state index contributed by atoms with van der Waals surface area (Å²) >= 11 is 0. The minimum atomic E-state index is 0. The van der Waals surface area contributed by atoms with Gasteiger partial charge in [-0.05, 0) is 0 Å². The molecule has 0 heterocycles. The predicted octanol–water partition coefficient (Wildman–Crippen LogP) is 16.2. The average molecular weight is 1460 g/mol. The summed E-state index contributed by atoms with van der Waals surface area (Å²) in [5, 5.41) is 0. The van der Waals surface area contributed by atoms with Crippen molar-refractivity contribution in [2.45, 2.75) is 138 Å². The van der Waals surface area contributed by atoms with E-state index in [2.05, 4.69) is 138 Å². The molecule has 0 fully saturated rings. The van der Waals surface area contributed by atoms with Crippen LogP contribution in [0.2, 0.25) is 0 Å². The number of hydrogen-bond donors (Lipinski definition) is 0. The summed E-state index contributed by atoms with van der Waals surface area (Å²) in [5.41, 5.74) is 29.4. The third-order valence-corrected chi connectivity index (χ3v) is 11.9. The van der Waals surface area contributed by atoms with Gasteiger partial charge < -0.3 is 44.6 Å². The predicted molar refractivity (Wildman–Crippen MR) is 248 cm³/mol. The summed E-state index contributed by atoms with van der Waals surface area (Å²) in [4.78, 5) is 0. The number of benzene rings is 1. The maximum atomic E-state index is 2.20. The summed E-state index contributed by atoms with van der Waals surface area (Å²) in [7, 11) is 0. The van der Waals surface area contributed by atoms with Crippen LogP contribution in [-0.2, 0) is 214 Å². The molecule has 0 saturated carbocycles. The first-order chi connectivity index (χ1) is 21.2. The monoisotopic (exact) mass is 1450 g/mol. The van der Waals surface area contributed by atoms with Gasteiger partial charge >= 0.3 is 19.5 Å². The Morgan fingerprint density at radius 2 is 0.270 bits per heavy atom. The number of hydrogen-bond acceptors (Lipinski definition) is 0. The molecule has 5 aromatic carbocycles. The van der Waals surface area contributed by atoms with Gasteiger partial charge in [-0.15, -0.1) is 0 Å². The fourth-order valence-electron chi connectivity index (χ4n) is 6.01. The van der Waals surface area contributed by atoms with Crippen LogP contribution in [-0.4, -0.2) is 0 Å². The Balaban J connectivity index is -0.0000000264. The van der Waals surface area contributed by atoms with Gasteiger partial charge in [0, 0.05) is 195 Å². The SMILES string of the molecule is Cc1c(C)c(C)[c-](C)c1C.Cc1c(C)c(C)[c-](C)c1C.Cc1c(C)c(C)[c-](C)c1C.Cc1c(C)c(C)[c-](C)c1C.[CH3-].[CH3-].[CH3-].[CH3-].[CH3-].[CH3-].[Ru+].[Zn].[Zn].[Zn].[Zn].[Zn].[Zn].[Zn].[Zn].[Zn].[Zn].c1ccccc1. The molecule has 5 rings (SSSR count). The van der Waals surface area contributed by atoms with Crippen LogP contribution in [0.15, 0.2) is 36.4 Å². The van der Waals surface area contributed by atoms with E-state index in [1.54, 1.807) is 0 Å². The Hall–Kier alpha value is 3.48. The molecule has 0 aliphatic heterocycles. The van der Waals surface area contributed by atoms with E-state index in [0.29, 0.717) is 0 Å². The van der Waals surface area contributed by atoms with Crippen LogP contribution in [0.4, 0.5) is 0 Å². The Morgan fingerprint density at radius 1 is 0.206 bits per heavy atom. The van der Waals surface area contributed by atoms with E-state index in [1.807, 2.05) is 36.4 Å². The van der Waals surface area contributed by atoms with Crippen molar-refractivity contribution in [1.82, 2.24) is 0 Å². The van der Waals surface area contributed by atoms with Crippen molar-refractivity contribution in [2.24, 2.45) is 0 Å². The first-order valence-corrected chi connectivity index (χ1v) is 17.0. The van der Waals surface area contributed by atoms with Crippen molar-refractivity contribution in [1.29, 1.82) is 0 Å². The van der Waals surface area contributed by atoms with Gasteiger partial charge in [0.25, 0.3) is 0 Å². The van der Waals surface area contributed by atoms with Crippen molar-refractivity contribution in [3.8, 4) is 0 Å². The van der Waals surface area contributed by atoms with Gasteiger partial charge in [-0.1, -0.05) is 175 Å². The fraction of sp³-hybridized carbons (Fsp3) is 0.385. The van der Waals surface area contributed by atoms with Crippen molar-refractivity contribution < 1.29 is 214 Å². The second-order valence-electron chi connectivity index (χ2n) is 13.7. The third kappa shape index (κ3) is 33.0. The van der Waals surface area contributed by atoms with E-state index in [0.717, 1.165) is 0 Å². The molecule has 0 unspecified atom stereocenters. The first-order valence-electron chi connectivity index (χ1n) is 17.0. The van der Waals surface area contributed by atoms with Crippen LogP contribution < -0.4 is 0 Å². The van der Waals surface area contributed by atoms with Gasteiger partial charge in [0.15, 0.2) is 0 Å². The zero-order valence-corrected chi connectivity index (χ0v) is 78.3. The molecule has 0 amide bonds. The molecule has 0 saturated heterocycles. The summed E-state index contributed by atoms with van der Waals surface area (Å²) in [6, 6.07) is 12.0. The second kappa shape index (κ2) is 56.4. The van der Waals surface area contributed by atoms with Crippen molar-refractivity contribution in [3.63, 3.8) is 0 Å². The molecule has 1 radical (unpaired) electrons. The van der Waals surface area contributed by atoms with Gasteiger partial charge in [0.1, 0.15) is 0 Å². The van der Waals surface area contributed by atoms with Gasteiger partial charge in [0.05, 0.1) is 0 Å². The minimum absolute atomic E-state index is 0. The molecule has 0 N–H and O–H groups in total. The van der Waals surface area contributed by atoms with E-state index < -0.39 is 0 Å². The van der Waals surface area contributed by atoms with Gasteiger partial charge in [0.2, 0.25) is 0 Å². The Labute approximate surface area is 537 Å². The van der Waals surface area contributed by atoms with Crippen LogP contribution in [0.1, 0.15) is 111 Å². The van der Waals surface area contributed by atoms with Crippen LogP contribution in [0.3, 0.4) is 0 Å². The maximum Gasteiger partial charge on any atom is 1.00 e. The topological polar surface area (TPSA) is 0 Å². The summed E-state index contributed by atoms with van der Waals surface area (Å²) < 4.78 is 0. The van der Waals surface area contributed by atoms with E-state index >= 15 is 0 Å². The molecule has 11 heteroatoms. The normalized spacial score (nSPS) is 7.43. The van der Waals surface area contributed by atoms with Crippen LogP contribution in [0.5, 0.6) is 0 Å². The molecule has 0 bridgehead atoms. The molecule has 63 heavy (non-hydrogen) atoms. The van der Waals surface area contributed by atoms with Crippen LogP contribution in [0, 0.1) is 183 Å². The zero-order chi connectivity index (χ0) is 35.8. The van der Waals surface area contributed by atoms with Crippen molar-refractivity contribution in [2.75, 3.05) is 0 Å². The molecule has 5 aromatic rings. The third-order valence-electron chi connectivity index (χ3n) is 11.9. The van der Waals surface area contributed by atoms with Crippen LogP contribution in [0.25, 0.3) is 0 Å². The average Bonchev–Trinajstić information content (AvgIpc) is 3.50. The Kier molecular flexibility index (Phi) is 104. The standard InChI is InChI=1S/4C10H15.C6H6.6CH3.Ru.10Zn/c4*1-6-7(2)9(4)10(5)8(6)3;1-2-4-6-5-3-1;;;;;;;;;;;;;;;;;/h4*1-5H3;1-6H;6*1H3;;;;;;;;;;;/q4*-1;;6*-1;+1;;;;;;;;;;. The molecule has 0 nitrogen and oxygen atoms in total. The summed E-state index contributed by atoms with van der Waals surface area (Å²) in [6.07, 6.45) is 0. The molecular weight excluding hydrogens is 1380 g/mol. The smallest absolute Gasteiger partial charge is 0.358 e. The quantitative estimate of drug-likeness (QED) is 0.107. The fourth-order valence-corrected chi connectivity index (χ4v) is 6.01. The van der Waals surface area contributed by atoms with E-state index in [4.69, 9.17) is 0 Å². The second-order valence-corrected chi connectivity index (χ2v) is 13.7. The van der Waals surface area contributed by atoms with Crippen LogP contribution >= 0.6 is 0 Å². The minimum Gasteiger partial charge on any atom is -0.358 e. The first kappa shape index (κ1) is 116. The molecule has 0 spiro atoms. The van der Waals surface area contributed by atoms with Gasteiger partial charge in [-0.2, -0.15) is 111 Å². The van der Waals surface area contributed by atoms with Crippen molar-refractivity contribution >= 4 is 0 Å². The largest absolute Gasteiger partial charge is 1.00 e.